The Bertz CT molecular complexity index is 999. The van der Waals surface area contributed by atoms with Gasteiger partial charge in [-0.25, -0.2) is 18.7 Å². The van der Waals surface area contributed by atoms with E-state index in [0.29, 0.717) is 24.1 Å². The van der Waals surface area contributed by atoms with Gasteiger partial charge in [-0.15, -0.1) is 0 Å². The van der Waals surface area contributed by atoms with E-state index in [0.717, 1.165) is 18.5 Å². The minimum atomic E-state index is -0.908. The van der Waals surface area contributed by atoms with Gasteiger partial charge >= 0.3 is 5.69 Å². The van der Waals surface area contributed by atoms with Crippen molar-refractivity contribution in [1.29, 1.82) is 0 Å². The predicted octanol–water partition coefficient (Wildman–Crippen LogP) is 4.55. The van der Waals surface area contributed by atoms with Crippen LogP contribution < -0.4 is 15.4 Å². The van der Waals surface area contributed by atoms with E-state index in [1.807, 2.05) is 6.92 Å². The molecule has 10 heteroatoms. The molecule has 0 unspecified atom stereocenters. The Morgan fingerprint density at radius 3 is 2.36 bits per heavy atom. The van der Waals surface area contributed by atoms with E-state index < -0.39 is 22.2 Å². The second-order valence-corrected chi connectivity index (χ2v) is 5.51. The van der Waals surface area contributed by atoms with Gasteiger partial charge in [-0.3, -0.25) is 10.1 Å². The van der Waals surface area contributed by atoms with Crippen molar-refractivity contribution in [3.8, 4) is 5.75 Å². The number of halogens is 2. The van der Waals surface area contributed by atoms with Crippen molar-refractivity contribution >= 4 is 28.7 Å². The lowest BCUT2D eigenvalue weighted by Gasteiger charge is -2.11. The summed E-state index contributed by atoms with van der Waals surface area (Å²) < 4.78 is 32.3. The fourth-order valence-corrected chi connectivity index (χ4v) is 2.39. The molecule has 3 aromatic rings. The van der Waals surface area contributed by atoms with Crippen LogP contribution in [0.1, 0.15) is 6.92 Å². The van der Waals surface area contributed by atoms with Gasteiger partial charge in [0.2, 0.25) is 11.6 Å². The highest BCUT2D eigenvalue weighted by Crippen LogP contribution is 2.33. The number of benzene rings is 2. The number of rotatable bonds is 7. The van der Waals surface area contributed by atoms with Crippen LogP contribution in [-0.2, 0) is 0 Å². The van der Waals surface area contributed by atoms with Crippen LogP contribution in [-0.4, -0.2) is 21.5 Å². The highest BCUT2D eigenvalue weighted by atomic mass is 19.1. The fourth-order valence-electron chi connectivity index (χ4n) is 2.39. The zero-order valence-electron chi connectivity index (χ0n) is 14.6. The number of nitro groups is 1. The molecule has 0 saturated heterocycles. The summed E-state index contributed by atoms with van der Waals surface area (Å²) in [6, 6.07) is 9.55. The van der Waals surface area contributed by atoms with Crippen molar-refractivity contribution in [2.75, 3.05) is 17.2 Å². The van der Waals surface area contributed by atoms with Gasteiger partial charge in [0.25, 0.3) is 0 Å². The molecule has 0 saturated carbocycles. The largest absolute Gasteiger partial charge is 0.494 e. The molecule has 1 heterocycles. The Morgan fingerprint density at radius 2 is 1.75 bits per heavy atom. The lowest BCUT2D eigenvalue weighted by atomic mass is 10.2. The number of nitrogens with one attached hydrogen (secondary N) is 2. The minimum Gasteiger partial charge on any atom is -0.494 e. The van der Waals surface area contributed by atoms with Gasteiger partial charge in [0.15, 0.2) is 0 Å². The van der Waals surface area contributed by atoms with Crippen molar-refractivity contribution in [3.63, 3.8) is 0 Å². The number of nitrogens with zero attached hydrogens (tertiary/aromatic N) is 3. The number of hydrogen-bond acceptors (Lipinski definition) is 7. The van der Waals surface area contributed by atoms with E-state index in [1.54, 1.807) is 24.3 Å². The normalized spacial score (nSPS) is 10.4. The van der Waals surface area contributed by atoms with E-state index in [1.165, 1.54) is 0 Å². The standard InChI is InChI=1S/C18H15F2N5O3/c1-2-28-13-6-4-12(5-7-13)23-17-16(25(26)27)18(22-10-21-17)24-15-8-3-11(19)9-14(15)20/h3-10H,2H2,1H3,(H2,21,22,23,24). The summed E-state index contributed by atoms with van der Waals surface area (Å²) in [5.41, 5.74) is -0.112. The summed E-state index contributed by atoms with van der Waals surface area (Å²) in [6.07, 6.45) is 1.09. The van der Waals surface area contributed by atoms with E-state index in [-0.39, 0.29) is 17.3 Å². The Kier molecular flexibility index (Phi) is 5.58. The number of aromatic nitrogens is 2. The Morgan fingerprint density at radius 1 is 1.07 bits per heavy atom. The molecule has 28 heavy (non-hydrogen) atoms. The molecule has 0 spiro atoms. The Labute approximate surface area is 158 Å². The average Bonchev–Trinajstić information content (AvgIpc) is 2.66. The topological polar surface area (TPSA) is 102 Å². The third kappa shape index (κ3) is 4.29. The van der Waals surface area contributed by atoms with Crippen LogP contribution in [0.2, 0.25) is 0 Å². The zero-order valence-corrected chi connectivity index (χ0v) is 14.6. The van der Waals surface area contributed by atoms with Gasteiger partial charge in [0.05, 0.1) is 17.2 Å². The van der Waals surface area contributed by atoms with Crippen molar-refractivity contribution in [2.45, 2.75) is 6.92 Å². The third-order valence-electron chi connectivity index (χ3n) is 3.62. The van der Waals surface area contributed by atoms with Crippen LogP contribution in [0.25, 0.3) is 0 Å². The first kappa shape index (κ1) is 19.0. The molecule has 0 fully saturated rings. The highest BCUT2D eigenvalue weighted by Gasteiger charge is 2.24. The summed E-state index contributed by atoms with van der Waals surface area (Å²) in [6.45, 7) is 2.37. The van der Waals surface area contributed by atoms with E-state index in [2.05, 4.69) is 20.6 Å². The van der Waals surface area contributed by atoms with Gasteiger partial charge in [0, 0.05) is 11.8 Å². The van der Waals surface area contributed by atoms with Crippen LogP contribution in [0.5, 0.6) is 5.75 Å². The quantitative estimate of drug-likeness (QED) is 0.453. The lowest BCUT2D eigenvalue weighted by molar-refractivity contribution is -0.383. The van der Waals surface area contributed by atoms with E-state index in [9.17, 15) is 18.9 Å². The molecule has 1 aromatic heterocycles. The lowest BCUT2D eigenvalue weighted by Crippen LogP contribution is -2.06. The fraction of sp³-hybridized carbons (Fsp3) is 0.111. The molecule has 0 radical (unpaired) electrons. The SMILES string of the molecule is CCOc1ccc(Nc2ncnc(Nc3ccc(F)cc3F)c2[N+](=O)[O-])cc1. The summed E-state index contributed by atoms with van der Waals surface area (Å²) in [4.78, 5) is 18.6. The van der Waals surface area contributed by atoms with Crippen molar-refractivity contribution < 1.29 is 18.4 Å². The predicted molar refractivity (Wildman–Crippen MR) is 99.2 cm³/mol. The maximum atomic E-state index is 13.9. The monoisotopic (exact) mass is 387 g/mol. The molecular formula is C18H15F2N5O3. The van der Waals surface area contributed by atoms with Crippen LogP contribution in [0.3, 0.4) is 0 Å². The van der Waals surface area contributed by atoms with Crippen LogP contribution in [0.4, 0.5) is 37.5 Å². The summed E-state index contributed by atoms with van der Waals surface area (Å²) in [5.74, 6) is -1.35. The zero-order chi connectivity index (χ0) is 20.1. The first-order chi connectivity index (χ1) is 13.5. The maximum absolute atomic E-state index is 13.9. The van der Waals surface area contributed by atoms with E-state index in [4.69, 9.17) is 4.74 Å². The van der Waals surface area contributed by atoms with Crippen LogP contribution >= 0.6 is 0 Å². The molecule has 2 N–H and O–H groups in total. The molecular weight excluding hydrogens is 372 g/mol. The van der Waals surface area contributed by atoms with Gasteiger partial charge < -0.3 is 15.4 Å². The Hall–Kier alpha value is -3.82. The number of anilines is 4. The molecule has 2 aromatic carbocycles. The molecule has 0 aliphatic rings. The number of ether oxygens (including phenoxy) is 1. The van der Waals surface area contributed by atoms with Crippen molar-refractivity contribution in [2.24, 2.45) is 0 Å². The molecule has 3 rings (SSSR count). The molecule has 0 atom stereocenters. The molecule has 0 amide bonds. The summed E-state index contributed by atoms with van der Waals surface area (Å²) in [5, 5.41) is 16.9. The van der Waals surface area contributed by atoms with E-state index >= 15 is 0 Å². The summed E-state index contributed by atoms with van der Waals surface area (Å²) >= 11 is 0. The highest BCUT2D eigenvalue weighted by molar-refractivity contribution is 5.76. The van der Waals surface area contributed by atoms with Crippen molar-refractivity contribution in [3.05, 3.63) is 70.5 Å². The first-order valence-electron chi connectivity index (χ1n) is 8.19. The second-order valence-electron chi connectivity index (χ2n) is 5.51. The van der Waals surface area contributed by atoms with Crippen LogP contribution in [0, 0.1) is 21.7 Å². The maximum Gasteiger partial charge on any atom is 0.353 e. The molecule has 8 nitrogen and oxygen atoms in total. The molecule has 0 aliphatic carbocycles. The molecule has 0 bridgehead atoms. The van der Waals surface area contributed by atoms with Gasteiger partial charge in [-0.05, 0) is 43.3 Å². The second kappa shape index (κ2) is 8.25. The number of hydrogen-bond donors (Lipinski definition) is 2. The molecule has 144 valence electrons. The minimum absolute atomic E-state index is 0.0887. The molecule has 0 aliphatic heterocycles. The third-order valence-corrected chi connectivity index (χ3v) is 3.62. The average molecular weight is 387 g/mol. The smallest absolute Gasteiger partial charge is 0.353 e. The van der Waals surface area contributed by atoms with Gasteiger partial charge in [0.1, 0.15) is 23.7 Å². The Balaban J connectivity index is 1.92. The van der Waals surface area contributed by atoms with Crippen molar-refractivity contribution in [1.82, 2.24) is 9.97 Å². The van der Waals surface area contributed by atoms with Gasteiger partial charge in [-0.1, -0.05) is 0 Å². The summed E-state index contributed by atoms with van der Waals surface area (Å²) in [7, 11) is 0. The van der Waals surface area contributed by atoms with Gasteiger partial charge in [-0.2, -0.15) is 0 Å². The first-order valence-corrected chi connectivity index (χ1v) is 8.19. The van der Waals surface area contributed by atoms with Crippen LogP contribution in [0.15, 0.2) is 48.8 Å².